The van der Waals surface area contributed by atoms with E-state index in [0.29, 0.717) is 23.5 Å². The largest absolute Gasteiger partial charge is 0.399 e. The Hall–Kier alpha value is -1.75. The molecule has 1 rings (SSSR count). The Bertz CT molecular complexity index is 399. The quantitative estimate of drug-likeness (QED) is 0.518. The minimum absolute atomic E-state index is 0.149. The molecule has 0 atom stereocenters. The van der Waals surface area contributed by atoms with Crippen LogP contribution in [-0.4, -0.2) is 25.2 Å². The number of nitrogens with one attached hydrogen (secondary N) is 1. The number of amides is 1. The molecule has 0 saturated heterocycles. The molecule has 5 nitrogen and oxygen atoms in total. The molecule has 0 aliphatic rings. The van der Waals surface area contributed by atoms with Gasteiger partial charge < -0.3 is 21.5 Å². The number of nitrogen functional groups attached to an aromatic ring is 2. The highest BCUT2D eigenvalue weighted by Gasteiger charge is 2.06. The van der Waals surface area contributed by atoms with E-state index in [-0.39, 0.29) is 12.0 Å². The number of benzene rings is 1. The van der Waals surface area contributed by atoms with Gasteiger partial charge in [-0.05, 0) is 44.9 Å². The molecule has 0 unspecified atom stereocenters. The van der Waals surface area contributed by atoms with E-state index in [2.05, 4.69) is 5.32 Å². The molecule has 0 aliphatic carbocycles. The fourth-order valence-corrected chi connectivity index (χ4v) is 1.66. The van der Waals surface area contributed by atoms with Gasteiger partial charge in [0, 0.05) is 30.1 Å². The second-order valence-electron chi connectivity index (χ2n) is 4.77. The van der Waals surface area contributed by atoms with Gasteiger partial charge in [0.05, 0.1) is 6.10 Å². The number of carbonyl (C=O) groups is 1. The highest BCUT2D eigenvalue weighted by molar-refractivity contribution is 5.96. The Morgan fingerprint density at radius 3 is 2.42 bits per heavy atom. The van der Waals surface area contributed by atoms with Gasteiger partial charge in [-0.15, -0.1) is 0 Å². The maximum Gasteiger partial charge on any atom is 0.251 e. The van der Waals surface area contributed by atoms with Crippen molar-refractivity contribution in [3.8, 4) is 0 Å². The topological polar surface area (TPSA) is 90.4 Å². The highest BCUT2D eigenvalue weighted by atomic mass is 16.5. The van der Waals surface area contributed by atoms with Crippen molar-refractivity contribution >= 4 is 17.3 Å². The van der Waals surface area contributed by atoms with E-state index in [1.54, 1.807) is 18.2 Å². The summed E-state index contributed by atoms with van der Waals surface area (Å²) in [5.41, 5.74) is 12.8. The first-order chi connectivity index (χ1) is 8.99. The standard InChI is InChI=1S/C14H23N3O2/c1-10(2)19-6-4-3-5-17-14(18)11-7-12(15)9-13(16)8-11/h7-10H,3-6,15-16H2,1-2H3,(H,17,18). The molecule has 0 heterocycles. The zero-order chi connectivity index (χ0) is 14.3. The maximum absolute atomic E-state index is 11.8. The number of carbonyl (C=O) groups excluding carboxylic acids is 1. The third-order valence-electron chi connectivity index (χ3n) is 2.55. The van der Waals surface area contributed by atoms with Crippen LogP contribution in [0.15, 0.2) is 18.2 Å². The molecule has 0 radical (unpaired) electrons. The van der Waals surface area contributed by atoms with Gasteiger partial charge in [0.15, 0.2) is 0 Å². The lowest BCUT2D eigenvalue weighted by molar-refractivity contribution is 0.0754. The van der Waals surface area contributed by atoms with Crippen LogP contribution in [0.25, 0.3) is 0 Å². The molecule has 1 aromatic rings. The number of nitrogens with two attached hydrogens (primary N) is 2. The summed E-state index contributed by atoms with van der Waals surface area (Å²) in [6, 6.07) is 4.86. The lowest BCUT2D eigenvalue weighted by Gasteiger charge is -2.08. The summed E-state index contributed by atoms with van der Waals surface area (Å²) in [6.07, 6.45) is 2.07. The number of anilines is 2. The van der Waals surface area contributed by atoms with Crippen molar-refractivity contribution in [1.29, 1.82) is 0 Å². The van der Waals surface area contributed by atoms with Crippen molar-refractivity contribution in [2.45, 2.75) is 32.8 Å². The van der Waals surface area contributed by atoms with Crippen molar-refractivity contribution in [3.63, 3.8) is 0 Å². The number of hydrogen-bond acceptors (Lipinski definition) is 4. The summed E-state index contributed by atoms with van der Waals surface area (Å²) in [4.78, 5) is 11.8. The monoisotopic (exact) mass is 265 g/mol. The van der Waals surface area contributed by atoms with Crippen LogP contribution in [0.3, 0.4) is 0 Å². The average Bonchev–Trinajstić information content (AvgIpc) is 2.31. The van der Waals surface area contributed by atoms with E-state index in [9.17, 15) is 4.79 Å². The second kappa shape index (κ2) is 7.63. The molecule has 5 N–H and O–H groups in total. The second-order valence-corrected chi connectivity index (χ2v) is 4.77. The van der Waals surface area contributed by atoms with Gasteiger partial charge in [-0.25, -0.2) is 0 Å². The fraction of sp³-hybridized carbons (Fsp3) is 0.500. The highest BCUT2D eigenvalue weighted by Crippen LogP contribution is 2.13. The van der Waals surface area contributed by atoms with Crippen LogP contribution in [0.5, 0.6) is 0 Å². The minimum atomic E-state index is -0.149. The molecule has 1 aromatic carbocycles. The molecular weight excluding hydrogens is 242 g/mol. The minimum Gasteiger partial charge on any atom is -0.399 e. The van der Waals surface area contributed by atoms with Gasteiger partial charge in [-0.1, -0.05) is 0 Å². The van der Waals surface area contributed by atoms with Crippen molar-refractivity contribution in [2.24, 2.45) is 0 Å². The summed E-state index contributed by atoms with van der Waals surface area (Å²) in [5, 5.41) is 2.84. The van der Waals surface area contributed by atoms with E-state index in [1.807, 2.05) is 13.8 Å². The van der Waals surface area contributed by atoms with Crippen LogP contribution in [0.4, 0.5) is 11.4 Å². The molecule has 0 saturated carbocycles. The van der Waals surface area contributed by atoms with Crippen LogP contribution >= 0.6 is 0 Å². The van der Waals surface area contributed by atoms with Gasteiger partial charge in [-0.3, -0.25) is 4.79 Å². The predicted molar refractivity (Wildman–Crippen MR) is 77.9 cm³/mol. The van der Waals surface area contributed by atoms with E-state index >= 15 is 0 Å². The van der Waals surface area contributed by atoms with E-state index in [4.69, 9.17) is 16.2 Å². The van der Waals surface area contributed by atoms with E-state index in [0.717, 1.165) is 19.4 Å². The Morgan fingerprint density at radius 2 is 1.84 bits per heavy atom. The average molecular weight is 265 g/mol. The Kier molecular flexibility index (Phi) is 6.15. The van der Waals surface area contributed by atoms with Crippen molar-refractivity contribution in [1.82, 2.24) is 5.32 Å². The van der Waals surface area contributed by atoms with E-state index in [1.165, 1.54) is 0 Å². The van der Waals surface area contributed by atoms with Gasteiger partial charge in [-0.2, -0.15) is 0 Å². The van der Waals surface area contributed by atoms with Crippen LogP contribution in [0.1, 0.15) is 37.0 Å². The van der Waals surface area contributed by atoms with Crippen LogP contribution in [-0.2, 0) is 4.74 Å². The Labute approximate surface area is 114 Å². The Balaban J connectivity index is 2.27. The number of ether oxygens (including phenoxy) is 1. The smallest absolute Gasteiger partial charge is 0.251 e. The van der Waals surface area contributed by atoms with Crippen molar-refractivity contribution in [3.05, 3.63) is 23.8 Å². The normalized spacial score (nSPS) is 10.7. The molecule has 1 amide bonds. The molecule has 5 heteroatoms. The van der Waals surface area contributed by atoms with Crippen LogP contribution in [0.2, 0.25) is 0 Å². The molecule has 19 heavy (non-hydrogen) atoms. The first-order valence-electron chi connectivity index (χ1n) is 6.55. The van der Waals surface area contributed by atoms with Gasteiger partial charge in [0.25, 0.3) is 5.91 Å². The maximum atomic E-state index is 11.8. The molecule has 0 bridgehead atoms. The summed E-state index contributed by atoms with van der Waals surface area (Å²) in [5.74, 6) is -0.149. The van der Waals surface area contributed by atoms with Crippen molar-refractivity contribution in [2.75, 3.05) is 24.6 Å². The zero-order valence-electron chi connectivity index (χ0n) is 11.6. The number of rotatable bonds is 7. The summed E-state index contributed by atoms with van der Waals surface area (Å²) in [7, 11) is 0. The first-order valence-corrected chi connectivity index (χ1v) is 6.55. The van der Waals surface area contributed by atoms with Gasteiger partial charge in [0.2, 0.25) is 0 Å². The fourth-order valence-electron chi connectivity index (χ4n) is 1.66. The van der Waals surface area contributed by atoms with Crippen LogP contribution < -0.4 is 16.8 Å². The molecule has 0 aliphatic heterocycles. The Morgan fingerprint density at radius 1 is 1.21 bits per heavy atom. The third-order valence-corrected chi connectivity index (χ3v) is 2.55. The summed E-state index contributed by atoms with van der Waals surface area (Å²) < 4.78 is 5.42. The lowest BCUT2D eigenvalue weighted by atomic mass is 10.1. The zero-order valence-corrected chi connectivity index (χ0v) is 11.6. The summed E-state index contributed by atoms with van der Waals surface area (Å²) in [6.45, 7) is 5.35. The predicted octanol–water partition coefficient (Wildman–Crippen LogP) is 1.79. The molecule has 0 spiro atoms. The number of hydrogen-bond donors (Lipinski definition) is 3. The lowest BCUT2D eigenvalue weighted by Crippen LogP contribution is -2.25. The molecular formula is C14H23N3O2. The van der Waals surface area contributed by atoms with Crippen molar-refractivity contribution < 1.29 is 9.53 Å². The van der Waals surface area contributed by atoms with E-state index < -0.39 is 0 Å². The van der Waals surface area contributed by atoms with Gasteiger partial charge in [0.1, 0.15) is 0 Å². The molecule has 106 valence electrons. The summed E-state index contributed by atoms with van der Waals surface area (Å²) >= 11 is 0. The molecule has 0 aromatic heterocycles. The number of unbranched alkanes of at least 4 members (excludes halogenated alkanes) is 1. The first kappa shape index (κ1) is 15.3. The third kappa shape index (κ3) is 6.10. The van der Waals surface area contributed by atoms with Crippen LogP contribution in [0, 0.1) is 0 Å². The molecule has 0 fully saturated rings. The van der Waals surface area contributed by atoms with Gasteiger partial charge >= 0.3 is 0 Å². The SMILES string of the molecule is CC(C)OCCCCNC(=O)c1cc(N)cc(N)c1.